The van der Waals surface area contributed by atoms with Gasteiger partial charge in [0, 0.05) is 11.1 Å². The SMILES string of the molecule is C=CCOC(=O)c1sc(N2C(=O)C(=O)C(=C(O)c3ccc(OC)c(C)c3)[C@@H]2c2cccc(OC)c2OC)nc1C. The highest BCUT2D eigenvalue weighted by molar-refractivity contribution is 7.17. The van der Waals surface area contributed by atoms with E-state index < -0.39 is 23.7 Å². The summed E-state index contributed by atoms with van der Waals surface area (Å²) in [6, 6.07) is 8.76. The van der Waals surface area contributed by atoms with E-state index in [1.807, 2.05) is 0 Å². The van der Waals surface area contributed by atoms with Crippen molar-refractivity contribution in [3.63, 3.8) is 0 Å². The fourth-order valence-corrected chi connectivity index (χ4v) is 5.49. The molecule has 2 aromatic carbocycles. The van der Waals surface area contributed by atoms with Crippen molar-refractivity contribution in [3.05, 3.63) is 81.9 Å². The zero-order valence-electron chi connectivity index (χ0n) is 22.6. The molecule has 1 aromatic heterocycles. The predicted octanol–water partition coefficient (Wildman–Crippen LogP) is 4.75. The van der Waals surface area contributed by atoms with Crippen molar-refractivity contribution in [2.75, 3.05) is 32.8 Å². The number of Topliss-reactive ketones (excluding diaryl/α,β-unsaturated/α-hetero) is 1. The lowest BCUT2D eigenvalue weighted by molar-refractivity contribution is -0.132. The summed E-state index contributed by atoms with van der Waals surface area (Å²) >= 11 is 0.900. The minimum Gasteiger partial charge on any atom is -0.507 e. The van der Waals surface area contributed by atoms with Crippen LogP contribution in [-0.4, -0.2) is 55.7 Å². The highest BCUT2D eigenvalue weighted by atomic mass is 32.1. The number of anilines is 1. The summed E-state index contributed by atoms with van der Waals surface area (Å²) in [7, 11) is 4.42. The Morgan fingerprint density at radius 3 is 2.45 bits per heavy atom. The molecule has 1 amide bonds. The van der Waals surface area contributed by atoms with E-state index in [1.165, 1.54) is 27.4 Å². The zero-order valence-corrected chi connectivity index (χ0v) is 23.5. The second kappa shape index (κ2) is 11.6. The molecule has 1 saturated heterocycles. The van der Waals surface area contributed by atoms with Gasteiger partial charge in [0.05, 0.1) is 32.6 Å². The summed E-state index contributed by atoms with van der Waals surface area (Å²) in [4.78, 5) is 45.5. The summed E-state index contributed by atoms with van der Waals surface area (Å²) in [5, 5.41) is 11.6. The van der Waals surface area contributed by atoms with Gasteiger partial charge in [0.25, 0.3) is 5.78 Å². The van der Waals surface area contributed by atoms with Crippen molar-refractivity contribution in [3.8, 4) is 17.2 Å². The lowest BCUT2D eigenvalue weighted by atomic mass is 9.94. The number of nitrogens with zero attached hydrogens (tertiary/aromatic N) is 2. The number of amides is 1. The largest absolute Gasteiger partial charge is 0.507 e. The summed E-state index contributed by atoms with van der Waals surface area (Å²) in [5.74, 6) is -1.67. The molecule has 2 heterocycles. The Labute approximate surface area is 235 Å². The summed E-state index contributed by atoms with van der Waals surface area (Å²) in [5.41, 5.74) is 1.54. The van der Waals surface area contributed by atoms with Crippen LogP contribution in [0.4, 0.5) is 5.13 Å². The molecule has 0 bridgehead atoms. The number of esters is 1. The first-order valence-electron chi connectivity index (χ1n) is 12.1. The van der Waals surface area contributed by atoms with Gasteiger partial charge in [-0.25, -0.2) is 9.78 Å². The molecule has 1 fully saturated rings. The monoisotopic (exact) mass is 564 g/mol. The second-order valence-electron chi connectivity index (χ2n) is 8.73. The molecular weight excluding hydrogens is 536 g/mol. The number of aliphatic hydroxyl groups is 1. The summed E-state index contributed by atoms with van der Waals surface area (Å²) in [6.07, 6.45) is 1.43. The van der Waals surface area contributed by atoms with Gasteiger partial charge in [-0.05, 0) is 43.7 Å². The van der Waals surface area contributed by atoms with Gasteiger partial charge in [0.15, 0.2) is 16.6 Å². The van der Waals surface area contributed by atoms with Crippen molar-refractivity contribution in [1.29, 1.82) is 0 Å². The van der Waals surface area contributed by atoms with Crippen LogP contribution in [0.3, 0.4) is 0 Å². The predicted molar refractivity (Wildman–Crippen MR) is 149 cm³/mol. The number of thiazole rings is 1. The molecule has 4 rings (SSSR count). The van der Waals surface area contributed by atoms with Crippen molar-refractivity contribution in [2.45, 2.75) is 19.9 Å². The molecule has 1 aliphatic rings. The lowest BCUT2D eigenvalue weighted by Crippen LogP contribution is -2.29. The molecule has 10 nitrogen and oxygen atoms in total. The Bertz CT molecular complexity index is 1540. The van der Waals surface area contributed by atoms with Crippen LogP contribution in [0.25, 0.3) is 5.76 Å². The van der Waals surface area contributed by atoms with Crippen LogP contribution in [0.1, 0.15) is 38.1 Å². The molecule has 11 heteroatoms. The highest BCUT2D eigenvalue weighted by Gasteiger charge is 2.49. The van der Waals surface area contributed by atoms with Gasteiger partial charge >= 0.3 is 11.9 Å². The van der Waals surface area contributed by atoms with Gasteiger partial charge in [0.1, 0.15) is 29.0 Å². The van der Waals surface area contributed by atoms with E-state index in [-0.39, 0.29) is 33.7 Å². The first-order chi connectivity index (χ1) is 19.2. The second-order valence-corrected chi connectivity index (χ2v) is 9.71. The van der Waals surface area contributed by atoms with Gasteiger partial charge < -0.3 is 24.1 Å². The average Bonchev–Trinajstić information content (AvgIpc) is 3.46. The number of ether oxygens (including phenoxy) is 4. The first kappa shape index (κ1) is 28.4. The number of aromatic nitrogens is 1. The van der Waals surface area contributed by atoms with E-state index in [1.54, 1.807) is 50.2 Å². The molecule has 1 atom stereocenters. The first-order valence-corrected chi connectivity index (χ1v) is 12.9. The van der Waals surface area contributed by atoms with Crippen molar-refractivity contribution < 1.29 is 38.4 Å². The van der Waals surface area contributed by atoms with E-state index in [2.05, 4.69) is 11.6 Å². The zero-order chi connectivity index (χ0) is 29.1. The number of hydrogen-bond acceptors (Lipinski definition) is 10. The number of methoxy groups -OCH3 is 3. The van der Waals surface area contributed by atoms with Crippen molar-refractivity contribution in [1.82, 2.24) is 4.98 Å². The van der Waals surface area contributed by atoms with Gasteiger partial charge in [-0.15, -0.1) is 0 Å². The Morgan fingerprint density at radius 2 is 1.82 bits per heavy atom. The molecule has 1 aliphatic heterocycles. The topological polar surface area (TPSA) is 124 Å². The summed E-state index contributed by atoms with van der Waals surface area (Å²) in [6.45, 7) is 6.93. The van der Waals surface area contributed by atoms with Crippen LogP contribution in [0.5, 0.6) is 17.2 Å². The van der Waals surface area contributed by atoms with Crippen LogP contribution in [0, 0.1) is 13.8 Å². The van der Waals surface area contributed by atoms with E-state index in [0.717, 1.165) is 21.8 Å². The van der Waals surface area contributed by atoms with Gasteiger partial charge in [0.2, 0.25) is 0 Å². The summed E-state index contributed by atoms with van der Waals surface area (Å²) < 4.78 is 21.6. The van der Waals surface area contributed by atoms with Crippen LogP contribution in [-0.2, 0) is 14.3 Å². The smallest absolute Gasteiger partial charge is 0.350 e. The van der Waals surface area contributed by atoms with Crippen LogP contribution in [0.2, 0.25) is 0 Å². The molecule has 0 aliphatic carbocycles. The fraction of sp³-hybridized carbons (Fsp3) is 0.241. The maximum atomic E-state index is 13.6. The lowest BCUT2D eigenvalue weighted by Gasteiger charge is -2.25. The fourth-order valence-electron chi connectivity index (χ4n) is 4.51. The third kappa shape index (κ3) is 4.91. The van der Waals surface area contributed by atoms with E-state index >= 15 is 0 Å². The number of hydrogen-bond donors (Lipinski definition) is 1. The minimum atomic E-state index is -1.16. The minimum absolute atomic E-state index is 0.00168. The van der Waals surface area contributed by atoms with Crippen LogP contribution in [0.15, 0.2) is 54.6 Å². The number of aryl methyl sites for hydroxylation is 2. The third-order valence-electron chi connectivity index (χ3n) is 6.35. The number of aliphatic hydroxyl groups excluding tert-OH is 1. The number of ketones is 1. The standard InChI is InChI=1S/C29H28N2O8S/c1-7-13-39-28(35)26-16(3)30-29(40-26)31-22(18-9-8-10-20(37-5)25(18)38-6)21(24(33)27(31)34)23(32)17-11-12-19(36-4)15(2)14-17/h7-12,14,22,32H,1,13H2,2-6H3/t22-/m0/s1. The normalized spacial score (nSPS) is 16.1. The van der Waals surface area contributed by atoms with Crippen LogP contribution >= 0.6 is 11.3 Å². The van der Waals surface area contributed by atoms with Crippen molar-refractivity contribution in [2.24, 2.45) is 0 Å². The quantitative estimate of drug-likeness (QED) is 0.129. The number of rotatable bonds is 9. The molecule has 0 saturated carbocycles. The Kier molecular flexibility index (Phi) is 8.24. The van der Waals surface area contributed by atoms with E-state index in [4.69, 9.17) is 18.9 Å². The highest BCUT2D eigenvalue weighted by Crippen LogP contribution is 2.48. The maximum Gasteiger partial charge on any atom is 0.350 e. The molecule has 0 spiro atoms. The molecule has 0 radical (unpaired) electrons. The molecule has 208 valence electrons. The number of carbonyl (C=O) groups excluding carboxylic acids is 3. The van der Waals surface area contributed by atoms with E-state index in [9.17, 15) is 19.5 Å². The molecule has 0 unspecified atom stereocenters. The van der Waals surface area contributed by atoms with Gasteiger partial charge in [-0.3, -0.25) is 14.5 Å². The number of benzene rings is 2. The Hall–Kier alpha value is -4.64. The Balaban J connectivity index is 1.97. The molecule has 40 heavy (non-hydrogen) atoms. The van der Waals surface area contributed by atoms with Crippen molar-refractivity contribution >= 4 is 39.9 Å². The van der Waals surface area contributed by atoms with E-state index in [0.29, 0.717) is 28.3 Å². The molecule has 3 aromatic rings. The molecule has 1 N–H and O–H groups in total. The maximum absolute atomic E-state index is 13.6. The van der Waals surface area contributed by atoms with Gasteiger partial charge in [-0.2, -0.15) is 0 Å². The number of carbonyl (C=O) groups is 3. The van der Waals surface area contributed by atoms with Crippen LogP contribution < -0.4 is 19.1 Å². The average molecular weight is 565 g/mol. The number of para-hydroxylation sites is 1. The van der Waals surface area contributed by atoms with Gasteiger partial charge in [-0.1, -0.05) is 36.1 Å². The third-order valence-corrected chi connectivity index (χ3v) is 7.49. The molecular formula is C29H28N2O8S. The Morgan fingerprint density at radius 1 is 1.10 bits per heavy atom.